The Labute approximate surface area is 93.3 Å². The summed E-state index contributed by atoms with van der Waals surface area (Å²) in [5.74, 6) is 0. The maximum atomic E-state index is 13.0. The van der Waals surface area contributed by atoms with Crippen molar-refractivity contribution in [1.82, 2.24) is 9.80 Å². The molecule has 2 unspecified atom stereocenters. The van der Waals surface area contributed by atoms with Gasteiger partial charge in [0.1, 0.15) is 6.04 Å². The zero-order chi connectivity index (χ0) is 11.2. The van der Waals surface area contributed by atoms with E-state index >= 15 is 0 Å². The summed E-state index contributed by atoms with van der Waals surface area (Å²) in [4.78, 5) is 4.92. The molecule has 2 aliphatic heterocycles. The average molecular weight is 234 g/mol. The van der Waals surface area contributed by atoms with Crippen LogP contribution in [-0.2, 0) is 0 Å². The number of halogens is 2. The molecule has 2 heterocycles. The summed E-state index contributed by atoms with van der Waals surface area (Å²) in [5.41, 5.74) is 0.844. The SMILES string of the molecule is CC1SC2=C(C(C(F)F)N(C)CC2)N1C. The van der Waals surface area contributed by atoms with Gasteiger partial charge in [-0.1, -0.05) is 0 Å². The third-order valence-electron chi connectivity index (χ3n) is 3.21. The second-order valence-electron chi connectivity index (χ2n) is 4.15. The number of hydrogen-bond acceptors (Lipinski definition) is 3. The Bertz CT molecular complexity index is 293. The molecule has 0 aliphatic carbocycles. The molecular weight excluding hydrogens is 218 g/mol. The van der Waals surface area contributed by atoms with Crippen LogP contribution in [0.2, 0.25) is 0 Å². The van der Waals surface area contributed by atoms with Crippen LogP contribution in [-0.4, -0.2) is 48.3 Å². The number of hydrogen-bond donors (Lipinski definition) is 0. The maximum Gasteiger partial charge on any atom is 0.259 e. The largest absolute Gasteiger partial charge is 0.364 e. The first-order valence-electron chi connectivity index (χ1n) is 5.13. The molecule has 0 aromatic carbocycles. The van der Waals surface area contributed by atoms with Crippen molar-refractivity contribution in [2.75, 3.05) is 20.6 Å². The number of likely N-dealkylation sites (N-methyl/N-ethyl adjacent to an activating group) is 2. The van der Waals surface area contributed by atoms with Gasteiger partial charge < -0.3 is 4.90 Å². The number of alkyl halides is 2. The van der Waals surface area contributed by atoms with Crippen LogP contribution in [0.1, 0.15) is 13.3 Å². The molecule has 86 valence electrons. The molecule has 0 bridgehead atoms. The minimum absolute atomic E-state index is 0.294. The fourth-order valence-corrected chi connectivity index (χ4v) is 3.51. The summed E-state index contributed by atoms with van der Waals surface area (Å²) < 4.78 is 26.0. The molecule has 0 radical (unpaired) electrons. The van der Waals surface area contributed by atoms with Crippen LogP contribution < -0.4 is 0 Å². The molecule has 0 spiro atoms. The van der Waals surface area contributed by atoms with Gasteiger partial charge in [0.15, 0.2) is 0 Å². The van der Waals surface area contributed by atoms with Gasteiger partial charge in [0.05, 0.1) is 5.37 Å². The number of thioether (sulfide) groups is 1. The van der Waals surface area contributed by atoms with Gasteiger partial charge in [-0.25, -0.2) is 8.78 Å². The predicted molar refractivity (Wildman–Crippen MR) is 58.9 cm³/mol. The van der Waals surface area contributed by atoms with Crippen LogP contribution in [0.25, 0.3) is 0 Å². The first-order valence-corrected chi connectivity index (χ1v) is 6.01. The maximum absolute atomic E-state index is 13.0. The quantitative estimate of drug-likeness (QED) is 0.686. The second kappa shape index (κ2) is 3.94. The van der Waals surface area contributed by atoms with Crippen LogP contribution in [0.5, 0.6) is 0 Å². The molecular formula is C10H16F2N2S. The Morgan fingerprint density at radius 2 is 2.07 bits per heavy atom. The molecule has 2 aliphatic rings. The van der Waals surface area contributed by atoms with Crippen molar-refractivity contribution in [2.24, 2.45) is 0 Å². The van der Waals surface area contributed by atoms with E-state index in [4.69, 9.17) is 0 Å². The molecule has 2 nitrogen and oxygen atoms in total. The minimum atomic E-state index is -2.30. The van der Waals surface area contributed by atoms with Crippen molar-refractivity contribution in [3.8, 4) is 0 Å². The summed E-state index contributed by atoms with van der Waals surface area (Å²) in [7, 11) is 3.69. The van der Waals surface area contributed by atoms with E-state index in [0.29, 0.717) is 5.37 Å². The van der Waals surface area contributed by atoms with Crippen molar-refractivity contribution in [3.05, 3.63) is 10.6 Å². The molecule has 15 heavy (non-hydrogen) atoms. The van der Waals surface area contributed by atoms with Gasteiger partial charge in [0.25, 0.3) is 6.43 Å². The zero-order valence-corrected chi connectivity index (χ0v) is 10.0. The fraction of sp³-hybridized carbons (Fsp3) is 0.800. The van der Waals surface area contributed by atoms with E-state index in [9.17, 15) is 8.78 Å². The van der Waals surface area contributed by atoms with Crippen molar-refractivity contribution >= 4 is 11.8 Å². The molecule has 0 amide bonds. The second-order valence-corrected chi connectivity index (χ2v) is 5.56. The summed E-state index contributed by atoms with van der Waals surface area (Å²) in [5, 5.41) is 0.294. The lowest BCUT2D eigenvalue weighted by atomic mass is 10.1. The standard InChI is InChI=1S/C10H16F2N2S/c1-6-14(3)8-7(15-6)4-5-13(2)9(8)10(11)12/h6,9-10H,4-5H2,1-3H3. The fourth-order valence-electron chi connectivity index (χ4n) is 2.24. The van der Waals surface area contributed by atoms with E-state index in [0.717, 1.165) is 23.6 Å². The molecule has 0 saturated heterocycles. The van der Waals surface area contributed by atoms with Crippen LogP contribution in [0.4, 0.5) is 8.78 Å². The molecule has 0 aromatic heterocycles. The Morgan fingerprint density at radius 3 is 2.67 bits per heavy atom. The highest BCUT2D eigenvalue weighted by atomic mass is 32.2. The normalized spacial score (nSPS) is 32.8. The summed E-state index contributed by atoms with van der Waals surface area (Å²) in [6.07, 6.45) is -1.39. The topological polar surface area (TPSA) is 6.48 Å². The van der Waals surface area contributed by atoms with Gasteiger partial charge in [0.2, 0.25) is 0 Å². The van der Waals surface area contributed by atoms with E-state index in [-0.39, 0.29) is 0 Å². The van der Waals surface area contributed by atoms with E-state index < -0.39 is 12.5 Å². The van der Waals surface area contributed by atoms with Crippen molar-refractivity contribution < 1.29 is 8.78 Å². The highest BCUT2D eigenvalue weighted by molar-refractivity contribution is 8.03. The molecule has 0 fully saturated rings. The highest BCUT2D eigenvalue weighted by Crippen LogP contribution is 2.44. The number of nitrogens with zero attached hydrogens (tertiary/aromatic N) is 2. The Balaban J connectivity index is 2.32. The number of rotatable bonds is 1. The molecule has 0 N–H and O–H groups in total. The first-order chi connectivity index (χ1) is 7.02. The smallest absolute Gasteiger partial charge is 0.259 e. The lowest BCUT2D eigenvalue weighted by molar-refractivity contribution is 0.0388. The van der Waals surface area contributed by atoms with Crippen molar-refractivity contribution in [2.45, 2.75) is 31.2 Å². The van der Waals surface area contributed by atoms with Crippen LogP contribution >= 0.6 is 11.8 Å². The Kier molecular flexibility index (Phi) is 2.94. The van der Waals surface area contributed by atoms with Gasteiger partial charge in [-0.15, -0.1) is 11.8 Å². The molecule has 2 atom stereocenters. The lowest BCUT2D eigenvalue weighted by Gasteiger charge is -2.36. The average Bonchev–Trinajstić information content (AvgIpc) is 2.44. The van der Waals surface area contributed by atoms with Gasteiger partial charge in [-0.2, -0.15) is 0 Å². The lowest BCUT2D eigenvalue weighted by Crippen LogP contribution is -2.46. The van der Waals surface area contributed by atoms with Crippen LogP contribution in [0.15, 0.2) is 10.6 Å². The van der Waals surface area contributed by atoms with E-state index in [1.54, 1.807) is 23.7 Å². The summed E-state index contributed by atoms with van der Waals surface area (Å²) in [6, 6.07) is -0.712. The van der Waals surface area contributed by atoms with E-state index in [1.807, 2.05) is 11.9 Å². The van der Waals surface area contributed by atoms with Gasteiger partial charge in [-0.05, 0) is 20.4 Å². The van der Waals surface area contributed by atoms with Crippen molar-refractivity contribution in [3.63, 3.8) is 0 Å². The minimum Gasteiger partial charge on any atom is -0.364 e. The van der Waals surface area contributed by atoms with Gasteiger partial charge in [0, 0.05) is 24.2 Å². The third kappa shape index (κ3) is 1.76. The summed E-state index contributed by atoms with van der Waals surface area (Å²) >= 11 is 1.73. The Hall–Kier alpha value is -0.290. The molecule has 0 aromatic rings. The molecule has 0 saturated carbocycles. The van der Waals surface area contributed by atoms with Gasteiger partial charge >= 0.3 is 0 Å². The highest BCUT2D eigenvalue weighted by Gasteiger charge is 2.41. The van der Waals surface area contributed by atoms with Crippen LogP contribution in [0, 0.1) is 0 Å². The van der Waals surface area contributed by atoms with Crippen LogP contribution in [0.3, 0.4) is 0 Å². The van der Waals surface area contributed by atoms with E-state index in [2.05, 4.69) is 6.92 Å². The zero-order valence-electron chi connectivity index (χ0n) is 9.20. The third-order valence-corrected chi connectivity index (χ3v) is 4.56. The molecule has 5 heteroatoms. The summed E-state index contributed by atoms with van der Waals surface area (Å²) in [6.45, 7) is 2.80. The Morgan fingerprint density at radius 1 is 1.40 bits per heavy atom. The van der Waals surface area contributed by atoms with E-state index in [1.165, 1.54) is 0 Å². The molecule has 2 rings (SSSR count). The predicted octanol–water partition coefficient (Wildman–Crippen LogP) is 2.19. The van der Waals surface area contributed by atoms with Gasteiger partial charge in [-0.3, -0.25) is 4.90 Å². The first kappa shape index (κ1) is 11.2. The van der Waals surface area contributed by atoms with Crippen molar-refractivity contribution in [1.29, 1.82) is 0 Å². The monoisotopic (exact) mass is 234 g/mol.